The van der Waals surface area contributed by atoms with Gasteiger partial charge in [-0.3, -0.25) is 14.9 Å². The number of barbiturate groups is 1. The molecule has 1 fully saturated rings. The smallest absolute Gasteiger partial charge is 0.335 e. The third-order valence-electron chi connectivity index (χ3n) is 4.49. The van der Waals surface area contributed by atoms with Crippen molar-refractivity contribution < 1.29 is 19.1 Å². The van der Waals surface area contributed by atoms with Gasteiger partial charge in [0.25, 0.3) is 11.8 Å². The molecule has 2 aromatic carbocycles. The number of rotatable bonds is 5. The Bertz CT molecular complexity index is 978. The molecule has 1 heterocycles. The van der Waals surface area contributed by atoms with E-state index in [1.165, 1.54) is 6.08 Å². The SMILES string of the molecule is CCCOc1cccc(/C=C2/C(=O)NC(=O)N(c3ccc(C)c(C)c3)C2=O)c1. The largest absolute Gasteiger partial charge is 0.494 e. The topological polar surface area (TPSA) is 75.7 Å². The van der Waals surface area contributed by atoms with Crippen LogP contribution in [0.15, 0.2) is 48.0 Å². The first-order chi connectivity index (χ1) is 13.4. The number of hydrogen-bond donors (Lipinski definition) is 1. The van der Waals surface area contributed by atoms with Crippen LogP contribution in [0, 0.1) is 13.8 Å². The number of ether oxygens (including phenoxy) is 1. The Kier molecular flexibility index (Phi) is 5.59. The Morgan fingerprint density at radius 2 is 1.82 bits per heavy atom. The van der Waals surface area contributed by atoms with Gasteiger partial charge in [0.15, 0.2) is 0 Å². The predicted molar refractivity (Wildman–Crippen MR) is 107 cm³/mol. The highest BCUT2D eigenvalue weighted by Gasteiger charge is 2.36. The lowest BCUT2D eigenvalue weighted by molar-refractivity contribution is -0.122. The summed E-state index contributed by atoms with van der Waals surface area (Å²) in [6, 6.07) is 11.6. The van der Waals surface area contributed by atoms with Gasteiger partial charge in [0.05, 0.1) is 12.3 Å². The summed E-state index contributed by atoms with van der Waals surface area (Å²) in [5.74, 6) is -0.714. The molecule has 6 heteroatoms. The average molecular weight is 378 g/mol. The third-order valence-corrected chi connectivity index (χ3v) is 4.49. The normalized spacial score (nSPS) is 15.8. The number of hydrogen-bond acceptors (Lipinski definition) is 4. The summed E-state index contributed by atoms with van der Waals surface area (Å²) in [5, 5.41) is 2.24. The lowest BCUT2D eigenvalue weighted by atomic mass is 10.0. The van der Waals surface area contributed by atoms with Crippen molar-refractivity contribution in [1.82, 2.24) is 5.32 Å². The Morgan fingerprint density at radius 3 is 2.54 bits per heavy atom. The first-order valence-electron chi connectivity index (χ1n) is 9.12. The fourth-order valence-electron chi connectivity index (χ4n) is 2.84. The number of imide groups is 2. The van der Waals surface area contributed by atoms with Crippen molar-refractivity contribution in [3.05, 3.63) is 64.7 Å². The Labute approximate surface area is 163 Å². The van der Waals surface area contributed by atoms with E-state index >= 15 is 0 Å². The lowest BCUT2D eigenvalue weighted by Crippen LogP contribution is -2.54. The molecule has 0 unspecified atom stereocenters. The molecule has 1 aliphatic rings. The highest BCUT2D eigenvalue weighted by molar-refractivity contribution is 6.39. The van der Waals surface area contributed by atoms with E-state index in [1.54, 1.807) is 30.3 Å². The molecule has 144 valence electrons. The number of urea groups is 1. The van der Waals surface area contributed by atoms with Crippen LogP contribution in [0.3, 0.4) is 0 Å². The van der Waals surface area contributed by atoms with Gasteiger partial charge in [-0.2, -0.15) is 0 Å². The maximum absolute atomic E-state index is 12.9. The summed E-state index contributed by atoms with van der Waals surface area (Å²) in [4.78, 5) is 38.5. The molecule has 0 aromatic heterocycles. The van der Waals surface area contributed by atoms with Gasteiger partial charge in [0.1, 0.15) is 11.3 Å². The Balaban J connectivity index is 1.95. The number of benzene rings is 2. The molecule has 0 saturated carbocycles. The molecular weight excluding hydrogens is 356 g/mol. The van der Waals surface area contributed by atoms with Crippen LogP contribution in [-0.2, 0) is 9.59 Å². The predicted octanol–water partition coefficient (Wildman–Crippen LogP) is 3.76. The van der Waals surface area contributed by atoms with Crippen molar-refractivity contribution in [2.24, 2.45) is 0 Å². The summed E-state index contributed by atoms with van der Waals surface area (Å²) in [5.41, 5.74) is 2.95. The fourth-order valence-corrected chi connectivity index (χ4v) is 2.84. The first kappa shape index (κ1) is 19.4. The Hall–Kier alpha value is -3.41. The number of carbonyl (C=O) groups is 3. The average Bonchev–Trinajstić information content (AvgIpc) is 2.66. The van der Waals surface area contributed by atoms with Crippen molar-refractivity contribution in [2.45, 2.75) is 27.2 Å². The number of nitrogens with zero attached hydrogens (tertiary/aromatic N) is 1. The van der Waals surface area contributed by atoms with Crippen LogP contribution in [0.2, 0.25) is 0 Å². The van der Waals surface area contributed by atoms with E-state index in [9.17, 15) is 14.4 Å². The highest BCUT2D eigenvalue weighted by atomic mass is 16.5. The minimum atomic E-state index is -0.754. The van der Waals surface area contributed by atoms with Crippen molar-refractivity contribution in [2.75, 3.05) is 11.5 Å². The van der Waals surface area contributed by atoms with Gasteiger partial charge in [-0.25, -0.2) is 9.69 Å². The molecule has 1 saturated heterocycles. The van der Waals surface area contributed by atoms with E-state index in [1.807, 2.05) is 32.9 Å². The standard InChI is InChI=1S/C22H22N2O4/c1-4-10-28-18-7-5-6-16(12-18)13-19-20(25)23-22(27)24(21(19)26)17-9-8-14(2)15(3)11-17/h5-9,11-13H,4,10H2,1-3H3,(H,23,25,27)/b19-13-. The number of amides is 4. The van der Waals surface area contributed by atoms with Gasteiger partial charge >= 0.3 is 6.03 Å². The van der Waals surface area contributed by atoms with Crippen molar-refractivity contribution in [3.63, 3.8) is 0 Å². The molecular formula is C22H22N2O4. The third kappa shape index (κ3) is 3.96. The van der Waals surface area contributed by atoms with E-state index in [-0.39, 0.29) is 5.57 Å². The Morgan fingerprint density at radius 1 is 1.04 bits per heavy atom. The molecule has 6 nitrogen and oxygen atoms in total. The van der Waals surface area contributed by atoms with Crippen LogP contribution >= 0.6 is 0 Å². The van der Waals surface area contributed by atoms with E-state index < -0.39 is 17.8 Å². The second kappa shape index (κ2) is 8.08. The minimum absolute atomic E-state index is 0.106. The molecule has 0 atom stereocenters. The second-order valence-electron chi connectivity index (χ2n) is 6.65. The maximum Gasteiger partial charge on any atom is 0.335 e. The molecule has 2 aromatic rings. The molecule has 28 heavy (non-hydrogen) atoms. The number of carbonyl (C=O) groups excluding carboxylic acids is 3. The summed E-state index contributed by atoms with van der Waals surface area (Å²) in [7, 11) is 0. The van der Waals surface area contributed by atoms with Crippen molar-refractivity contribution in [1.29, 1.82) is 0 Å². The van der Waals surface area contributed by atoms with Gasteiger partial charge in [-0.05, 0) is 67.3 Å². The zero-order valence-corrected chi connectivity index (χ0v) is 16.1. The molecule has 0 spiro atoms. The number of nitrogens with one attached hydrogen (secondary N) is 1. The first-order valence-corrected chi connectivity index (χ1v) is 9.12. The molecule has 4 amide bonds. The molecule has 0 aliphatic carbocycles. The molecule has 1 aliphatic heterocycles. The summed E-state index contributed by atoms with van der Waals surface area (Å²) < 4.78 is 5.59. The molecule has 0 radical (unpaired) electrons. The van der Waals surface area contributed by atoms with Crippen molar-refractivity contribution in [3.8, 4) is 5.75 Å². The van der Waals surface area contributed by atoms with E-state index in [0.29, 0.717) is 23.6 Å². The molecule has 0 bridgehead atoms. The van der Waals surface area contributed by atoms with Crippen LogP contribution in [-0.4, -0.2) is 24.5 Å². The zero-order valence-electron chi connectivity index (χ0n) is 16.1. The zero-order chi connectivity index (χ0) is 20.3. The second-order valence-corrected chi connectivity index (χ2v) is 6.65. The van der Waals surface area contributed by atoms with Crippen molar-refractivity contribution >= 4 is 29.6 Å². The van der Waals surface area contributed by atoms with Crippen LogP contribution in [0.1, 0.15) is 30.0 Å². The van der Waals surface area contributed by atoms with Gasteiger partial charge in [-0.15, -0.1) is 0 Å². The highest BCUT2D eigenvalue weighted by Crippen LogP contribution is 2.25. The van der Waals surface area contributed by atoms with E-state index in [4.69, 9.17) is 4.74 Å². The summed E-state index contributed by atoms with van der Waals surface area (Å²) in [6.07, 6.45) is 2.34. The van der Waals surface area contributed by atoms with E-state index in [2.05, 4.69) is 5.32 Å². The minimum Gasteiger partial charge on any atom is -0.494 e. The van der Waals surface area contributed by atoms with Gasteiger partial charge in [0, 0.05) is 0 Å². The van der Waals surface area contributed by atoms with Crippen LogP contribution in [0.4, 0.5) is 10.5 Å². The van der Waals surface area contributed by atoms with Gasteiger partial charge in [0.2, 0.25) is 0 Å². The molecule has 1 N–H and O–H groups in total. The number of aryl methyl sites for hydroxylation is 2. The van der Waals surface area contributed by atoms with Crippen LogP contribution in [0.5, 0.6) is 5.75 Å². The maximum atomic E-state index is 12.9. The lowest BCUT2D eigenvalue weighted by Gasteiger charge is -2.26. The van der Waals surface area contributed by atoms with Crippen LogP contribution in [0.25, 0.3) is 6.08 Å². The van der Waals surface area contributed by atoms with Gasteiger partial charge < -0.3 is 4.74 Å². The molecule has 3 rings (SSSR count). The summed E-state index contributed by atoms with van der Waals surface area (Å²) in [6.45, 7) is 6.43. The monoisotopic (exact) mass is 378 g/mol. The van der Waals surface area contributed by atoms with E-state index in [0.717, 1.165) is 22.4 Å². The van der Waals surface area contributed by atoms with Crippen LogP contribution < -0.4 is 15.0 Å². The number of anilines is 1. The van der Waals surface area contributed by atoms with Gasteiger partial charge in [-0.1, -0.05) is 25.1 Å². The quantitative estimate of drug-likeness (QED) is 0.635. The fraction of sp³-hybridized carbons (Fsp3) is 0.227. The summed E-state index contributed by atoms with van der Waals surface area (Å²) >= 11 is 0.